The van der Waals surface area contributed by atoms with Crippen LogP contribution in [-0.4, -0.2) is 33.2 Å². The molecule has 0 aromatic carbocycles. The van der Waals surface area contributed by atoms with Crippen molar-refractivity contribution in [3.63, 3.8) is 0 Å². The van der Waals surface area contributed by atoms with Gasteiger partial charge in [-0.3, -0.25) is 19.6 Å². The lowest BCUT2D eigenvalue weighted by atomic mass is 9.95. The molecule has 1 amide bonds. The van der Waals surface area contributed by atoms with Gasteiger partial charge in [0, 0.05) is 4.88 Å². The summed E-state index contributed by atoms with van der Waals surface area (Å²) < 4.78 is 6.38. The van der Waals surface area contributed by atoms with E-state index >= 15 is 0 Å². The molecular formula is C17H20N4O5S. The van der Waals surface area contributed by atoms with Crippen LogP contribution in [0.25, 0.3) is 0 Å². The summed E-state index contributed by atoms with van der Waals surface area (Å²) >= 11 is 1.40. The molecule has 2 aromatic heterocycles. The van der Waals surface area contributed by atoms with Crippen molar-refractivity contribution >= 4 is 33.9 Å². The average molecular weight is 392 g/mol. The van der Waals surface area contributed by atoms with E-state index in [4.69, 9.17) is 4.74 Å². The highest BCUT2D eigenvalue weighted by atomic mass is 32.1. The highest BCUT2D eigenvalue weighted by molar-refractivity contribution is 7.17. The van der Waals surface area contributed by atoms with Crippen LogP contribution in [0.4, 0.5) is 10.7 Å². The molecule has 0 saturated carbocycles. The van der Waals surface area contributed by atoms with E-state index in [1.165, 1.54) is 29.1 Å². The van der Waals surface area contributed by atoms with Crippen molar-refractivity contribution in [3.8, 4) is 0 Å². The first-order valence-corrected chi connectivity index (χ1v) is 9.52. The van der Waals surface area contributed by atoms with Gasteiger partial charge in [-0.15, -0.1) is 11.3 Å². The lowest BCUT2D eigenvalue weighted by Gasteiger charge is -2.12. The Hall–Kier alpha value is -2.75. The van der Waals surface area contributed by atoms with Crippen molar-refractivity contribution in [2.75, 3.05) is 11.9 Å². The van der Waals surface area contributed by atoms with Crippen LogP contribution in [0.5, 0.6) is 0 Å². The summed E-state index contributed by atoms with van der Waals surface area (Å²) in [6.45, 7) is 3.33. The molecule has 0 unspecified atom stereocenters. The standard InChI is InChI=1S/C17H20N4O5S/c1-3-26-17(23)15-11-6-4-5-7-13(11)27-16(15)18-14(22)9-20-8-12(21(24)25)10(2)19-20/h8H,3-7,9H2,1-2H3,(H,18,22). The zero-order valence-corrected chi connectivity index (χ0v) is 15.9. The molecule has 0 aliphatic heterocycles. The molecule has 0 fully saturated rings. The van der Waals surface area contributed by atoms with Crippen LogP contribution in [0.1, 0.15) is 46.3 Å². The van der Waals surface area contributed by atoms with Crippen LogP contribution in [0.15, 0.2) is 6.20 Å². The van der Waals surface area contributed by atoms with Gasteiger partial charge in [0.1, 0.15) is 23.4 Å². The number of ether oxygens (including phenoxy) is 1. The van der Waals surface area contributed by atoms with Gasteiger partial charge < -0.3 is 10.1 Å². The van der Waals surface area contributed by atoms with E-state index in [1.807, 2.05) is 0 Å². The number of esters is 1. The van der Waals surface area contributed by atoms with E-state index < -0.39 is 16.8 Å². The van der Waals surface area contributed by atoms with Crippen LogP contribution in [0.2, 0.25) is 0 Å². The smallest absolute Gasteiger partial charge is 0.341 e. The third-order valence-electron chi connectivity index (χ3n) is 4.33. The van der Waals surface area contributed by atoms with Gasteiger partial charge in [0.15, 0.2) is 0 Å². The average Bonchev–Trinajstić information content (AvgIpc) is 3.14. The highest BCUT2D eigenvalue weighted by Gasteiger charge is 2.27. The molecule has 0 spiro atoms. The topological polar surface area (TPSA) is 116 Å². The van der Waals surface area contributed by atoms with E-state index in [9.17, 15) is 19.7 Å². The number of nitro groups is 1. The summed E-state index contributed by atoms with van der Waals surface area (Å²) in [6, 6.07) is 0. The van der Waals surface area contributed by atoms with E-state index in [0.717, 1.165) is 36.1 Å². The van der Waals surface area contributed by atoms with Gasteiger partial charge in [-0.25, -0.2) is 4.79 Å². The van der Waals surface area contributed by atoms with Crippen molar-refractivity contribution in [2.45, 2.75) is 46.1 Å². The molecule has 144 valence electrons. The second kappa shape index (κ2) is 7.87. The van der Waals surface area contributed by atoms with Gasteiger partial charge in [-0.1, -0.05) is 0 Å². The summed E-state index contributed by atoms with van der Waals surface area (Å²) in [5.74, 6) is -0.839. The lowest BCUT2D eigenvalue weighted by Crippen LogP contribution is -2.20. The van der Waals surface area contributed by atoms with Crippen LogP contribution in [-0.2, 0) is 28.9 Å². The number of thiophene rings is 1. The van der Waals surface area contributed by atoms with Gasteiger partial charge >= 0.3 is 11.7 Å². The third kappa shape index (κ3) is 4.00. The van der Waals surface area contributed by atoms with Gasteiger partial charge in [0.25, 0.3) is 0 Å². The Bertz CT molecular complexity index is 902. The Labute approximate surface area is 159 Å². The summed E-state index contributed by atoms with van der Waals surface area (Å²) in [5.41, 5.74) is 1.51. The zero-order chi connectivity index (χ0) is 19.6. The fraction of sp³-hybridized carbons (Fsp3) is 0.471. The molecule has 9 nitrogen and oxygen atoms in total. The van der Waals surface area contributed by atoms with Gasteiger partial charge in [0.05, 0.1) is 17.1 Å². The van der Waals surface area contributed by atoms with Crippen molar-refractivity contribution in [1.82, 2.24) is 9.78 Å². The quantitative estimate of drug-likeness (QED) is 0.459. The van der Waals surface area contributed by atoms with Crippen LogP contribution in [0.3, 0.4) is 0 Å². The van der Waals surface area contributed by atoms with Crippen LogP contribution < -0.4 is 5.32 Å². The number of nitrogens with one attached hydrogen (secondary N) is 1. The van der Waals surface area contributed by atoms with Crippen molar-refractivity contribution in [1.29, 1.82) is 0 Å². The Morgan fingerprint density at radius 3 is 2.81 bits per heavy atom. The van der Waals surface area contributed by atoms with Crippen LogP contribution in [0, 0.1) is 17.0 Å². The Kier molecular flexibility index (Phi) is 5.54. The summed E-state index contributed by atoms with van der Waals surface area (Å²) in [4.78, 5) is 36.3. The Balaban J connectivity index is 1.81. The predicted molar refractivity (Wildman–Crippen MR) is 99.2 cm³/mol. The molecule has 1 N–H and O–H groups in total. The van der Waals surface area contributed by atoms with Gasteiger partial charge in [-0.05, 0) is 45.1 Å². The largest absolute Gasteiger partial charge is 0.462 e. The van der Waals surface area contributed by atoms with Crippen molar-refractivity contribution in [2.24, 2.45) is 0 Å². The van der Waals surface area contributed by atoms with Crippen LogP contribution >= 0.6 is 11.3 Å². The molecule has 3 rings (SSSR count). The van der Waals surface area contributed by atoms with E-state index in [0.29, 0.717) is 10.6 Å². The summed E-state index contributed by atoms with van der Waals surface area (Å²) in [6.07, 6.45) is 4.95. The first-order valence-electron chi connectivity index (χ1n) is 8.70. The molecule has 0 bridgehead atoms. The Morgan fingerprint density at radius 1 is 1.41 bits per heavy atom. The molecule has 27 heavy (non-hydrogen) atoms. The minimum Gasteiger partial charge on any atom is -0.462 e. The molecule has 10 heteroatoms. The summed E-state index contributed by atoms with van der Waals surface area (Å²) in [5, 5.41) is 18.1. The molecular weight excluding hydrogens is 372 g/mol. The molecule has 2 heterocycles. The van der Waals surface area contributed by atoms with Crippen molar-refractivity contribution in [3.05, 3.63) is 38.0 Å². The number of rotatable bonds is 6. The molecule has 1 aliphatic carbocycles. The number of carbonyl (C=O) groups is 2. The first kappa shape index (κ1) is 19.0. The molecule has 0 radical (unpaired) electrons. The molecule has 0 saturated heterocycles. The van der Waals surface area contributed by atoms with Crippen molar-refractivity contribution < 1.29 is 19.2 Å². The monoisotopic (exact) mass is 392 g/mol. The van der Waals surface area contributed by atoms with Gasteiger partial charge in [0.2, 0.25) is 5.91 Å². The number of nitrogens with zero attached hydrogens (tertiary/aromatic N) is 3. The fourth-order valence-electron chi connectivity index (χ4n) is 3.15. The molecule has 2 aromatic rings. The molecule has 1 aliphatic rings. The van der Waals surface area contributed by atoms with Gasteiger partial charge in [-0.2, -0.15) is 5.10 Å². The number of anilines is 1. The minimum absolute atomic E-state index is 0.137. The third-order valence-corrected chi connectivity index (χ3v) is 5.53. The fourth-order valence-corrected chi connectivity index (χ4v) is 4.45. The van der Waals surface area contributed by atoms with E-state index in [1.54, 1.807) is 6.92 Å². The van der Waals surface area contributed by atoms with E-state index in [2.05, 4.69) is 10.4 Å². The Morgan fingerprint density at radius 2 is 2.15 bits per heavy atom. The maximum atomic E-state index is 12.4. The second-order valence-electron chi connectivity index (χ2n) is 6.24. The number of hydrogen-bond acceptors (Lipinski definition) is 7. The highest BCUT2D eigenvalue weighted by Crippen LogP contribution is 2.38. The number of carbonyl (C=O) groups excluding carboxylic acids is 2. The predicted octanol–water partition coefficient (Wildman–Crippen LogP) is 2.86. The number of aryl methyl sites for hydroxylation is 2. The lowest BCUT2D eigenvalue weighted by molar-refractivity contribution is -0.385. The number of amides is 1. The maximum absolute atomic E-state index is 12.4. The maximum Gasteiger partial charge on any atom is 0.341 e. The normalized spacial score (nSPS) is 13.1. The number of hydrogen-bond donors (Lipinski definition) is 1. The number of fused-ring (bicyclic) bond motifs is 1. The second-order valence-corrected chi connectivity index (χ2v) is 7.34. The molecule has 0 atom stereocenters. The number of aromatic nitrogens is 2. The summed E-state index contributed by atoms with van der Waals surface area (Å²) in [7, 11) is 0. The van der Waals surface area contributed by atoms with E-state index in [-0.39, 0.29) is 24.5 Å². The minimum atomic E-state index is -0.539. The first-order chi connectivity index (χ1) is 12.9. The zero-order valence-electron chi connectivity index (χ0n) is 15.1. The SMILES string of the molecule is CCOC(=O)c1c(NC(=O)Cn2cc([N+](=O)[O-])c(C)n2)sc2c1CCCC2.